The minimum atomic E-state index is -0.444. The fourth-order valence-corrected chi connectivity index (χ4v) is 5.51. The molecule has 10 heteroatoms. The van der Waals surface area contributed by atoms with Crippen molar-refractivity contribution >= 4 is 11.4 Å². The molecule has 0 atom stereocenters. The summed E-state index contributed by atoms with van der Waals surface area (Å²) in [5.41, 5.74) is 7.18. The average Bonchev–Trinajstić information content (AvgIpc) is 3.10. The molecule has 7 rings (SSSR count). The topological polar surface area (TPSA) is 124 Å². The van der Waals surface area contributed by atoms with Gasteiger partial charge in [-0.1, -0.05) is 59.7 Å². The molecule has 2 aromatic heterocycles. The fraction of sp³-hybridized carbons (Fsp3) is 0.0526. The zero-order valence-electron chi connectivity index (χ0n) is 25.6. The van der Waals surface area contributed by atoms with E-state index in [1.165, 1.54) is 24.3 Å². The molecule has 1 aliphatic rings. The third-order valence-electron chi connectivity index (χ3n) is 7.90. The van der Waals surface area contributed by atoms with Crippen LogP contribution in [0.15, 0.2) is 107 Å². The Kier molecular flexibility index (Phi) is 7.60. The summed E-state index contributed by atoms with van der Waals surface area (Å²) in [6.07, 6.45) is 3.72. The molecule has 4 aromatic carbocycles. The highest BCUT2D eigenvalue weighted by Gasteiger charge is 2.36. The average molecular weight is 629 g/mol. The van der Waals surface area contributed by atoms with Crippen LogP contribution in [0, 0.1) is 48.4 Å². The zero-order chi connectivity index (χ0) is 33.4. The predicted octanol–water partition coefficient (Wildman–Crippen LogP) is 7.78. The molecule has 0 saturated heterocycles. The van der Waals surface area contributed by atoms with Crippen LogP contribution in [0.5, 0.6) is 0 Å². The van der Waals surface area contributed by atoms with Gasteiger partial charge in [0.2, 0.25) is 12.4 Å². The van der Waals surface area contributed by atoms with Crippen LogP contribution in [-0.2, 0) is 0 Å². The van der Waals surface area contributed by atoms with E-state index >= 15 is 0 Å². The lowest BCUT2D eigenvalue weighted by Crippen LogP contribution is -2.29. The number of nitriles is 2. The van der Waals surface area contributed by atoms with Crippen molar-refractivity contribution in [1.29, 1.82) is 10.5 Å². The van der Waals surface area contributed by atoms with Crippen molar-refractivity contribution in [2.24, 2.45) is 9.98 Å². The number of benzene rings is 4. The smallest absolute Gasteiger partial charge is 0.206 e. The Morgan fingerprint density at radius 2 is 0.667 bits per heavy atom. The predicted molar refractivity (Wildman–Crippen MR) is 178 cm³/mol. The van der Waals surface area contributed by atoms with E-state index in [0.717, 1.165) is 22.3 Å². The van der Waals surface area contributed by atoms with Gasteiger partial charge in [0, 0.05) is 22.3 Å². The summed E-state index contributed by atoms with van der Waals surface area (Å²) in [6.45, 7) is 3.97. The number of nitrogens with zero attached hydrogens (tertiary/aromatic N) is 8. The second-order valence-electron chi connectivity index (χ2n) is 11.1. The lowest BCUT2D eigenvalue weighted by atomic mass is 9.92. The van der Waals surface area contributed by atoms with Gasteiger partial charge in [-0.15, -0.1) is 0 Å². The van der Waals surface area contributed by atoms with Crippen molar-refractivity contribution < 1.29 is 8.78 Å². The van der Waals surface area contributed by atoms with Gasteiger partial charge in [0.1, 0.15) is 45.8 Å². The number of halogens is 2. The summed E-state index contributed by atoms with van der Waals surface area (Å²) >= 11 is 0. The molecular weight excluding hydrogens is 606 g/mol. The molecule has 0 aliphatic heterocycles. The number of fused-ring (bicyclic) bond motifs is 2. The SMILES string of the molecule is Cc1ccc(-c2nc3c(nc2-c2ccc(C)cc2)C(=NC#N)c2nc(-c4ccc(F)cc4)c(-c4ccc(F)cc4)nc2C3=NC#N)cc1. The Bertz CT molecular complexity index is 2050. The highest BCUT2D eigenvalue weighted by atomic mass is 19.1. The van der Waals surface area contributed by atoms with Gasteiger partial charge in [-0.3, -0.25) is 0 Å². The Morgan fingerprint density at radius 1 is 0.417 bits per heavy atom. The molecule has 0 N–H and O–H groups in total. The minimum Gasteiger partial charge on any atom is -0.241 e. The van der Waals surface area contributed by atoms with Crippen molar-refractivity contribution in [3.05, 3.63) is 143 Å². The minimum absolute atomic E-state index is 0.0808. The number of aryl methyl sites for hydroxylation is 2. The van der Waals surface area contributed by atoms with E-state index < -0.39 is 11.6 Å². The van der Waals surface area contributed by atoms with Crippen molar-refractivity contribution in [2.45, 2.75) is 13.8 Å². The third-order valence-corrected chi connectivity index (χ3v) is 7.90. The molecule has 2 heterocycles. The molecule has 8 nitrogen and oxygen atoms in total. The van der Waals surface area contributed by atoms with Crippen LogP contribution in [0.1, 0.15) is 33.9 Å². The van der Waals surface area contributed by atoms with Crippen LogP contribution in [0.3, 0.4) is 0 Å². The first kappa shape index (κ1) is 29.9. The maximum atomic E-state index is 14.0. The molecule has 1 aliphatic carbocycles. The molecule has 0 saturated carbocycles. The highest BCUT2D eigenvalue weighted by molar-refractivity contribution is 6.29. The van der Waals surface area contributed by atoms with Gasteiger partial charge in [0.25, 0.3) is 0 Å². The molecule has 0 fully saturated rings. The summed E-state index contributed by atoms with van der Waals surface area (Å²) in [6, 6.07) is 27.0. The number of aromatic nitrogens is 4. The lowest BCUT2D eigenvalue weighted by Gasteiger charge is -2.23. The third kappa shape index (κ3) is 5.38. The van der Waals surface area contributed by atoms with Gasteiger partial charge < -0.3 is 0 Å². The first-order chi connectivity index (χ1) is 23.3. The van der Waals surface area contributed by atoms with Crippen molar-refractivity contribution in [3.63, 3.8) is 0 Å². The van der Waals surface area contributed by atoms with Crippen LogP contribution in [0.4, 0.5) is 8.78 Å². The van der Waals surface area contributed by atoms with Gasteiger partial charge in [-0.2, -0.15) is 20.5 Å². The number of rotatable bonds is 4. The summed E-state index contributed by atoms with van der Waals surface area (Å²) in [5.74, 6) is -0.888. The van der Waals surface area contributed by atoms with E-state index in [-0.39, 0.29) is 34.2 Å². The monoisotopic (exact) mass is 628 g/mol. The highest BCUT2D eigenvalue weighted by Crippen LogP contribution is 2.37. The molecule has 228 valence electrons. The van der Waals surface area contributed by atoms with E-state index in [9.17, 15) is 19.3 Å². The van der Waals surface area contributed by atoms with E-state index in [1.54, 1.807) is 24.3 Å². The Labute approximate surface area is 274 Å². The molecular formula is C38H22F2N8. The van der Waals surface area contributed by atoms with Crippen LogP contribution in [0.25, 0.3) is 45.0 Å². The van der Waals surface area contributed by atoms with Crippen molar-refractivity contribution in [3.8, 4) is 57.4 Å². The summed E-state index contributed by atoms with van der Waals surface area (Å²) < 4.78 is 28.0. The fourth-order valence-electron chi connectivity index (χ4n) is 5.51. The van der Waals surface area contributed by atoms with Gasteiger partial charge in [0.15, 0.2) is 0 Å². The molecule has 0 amide bonds. The van der Waals surface area contributed by atoms with E-state index in [4.69, 9.17) is 19.9 Å². The van der Waals surface area contributed by atoms with Crippen LogP contribution >= 0.6 is 0 Å². The summed E-state index contributed by atoms with van der Waals surface area (Å²) in [4.78, 5) is 28.3. The van der Waals surface area contributed by atoms with Crippen molar-refractivity contribution in [1.82, 2.24) is 19.9 Å². The summed E-state index contributed by atoms with van der Waals surface area (Å²) in [7, 11) is 0. The van der Waals surface area contributed by atoms with E-state index in [2.05, 4.69) is 9.98 Å². The number of hydrogen-bond acceptors (Lipinski definition) is 8. The largest absolute Gasteiger partial charge is 0.241 e. The maximum Gasteiger partial charge on any atom is 0.206 e. The Morgan fingerprint density at radius 3 is 0.917 bits per heavy atom. The van der Waals surface area contributed by atoms with Gasteiger partial charge in [-0.05, 0) is 62.4 Å². The standard InChI is InChI=1S/C38H22F2N8/c1-21-3-7-23(8-4-21)29-30(24-9-5-22(2)6-10-24)46-36-34(44-20-42)38-37(33(43-19-41)35(36)45-29)47-31(25-11-15-27(39)16-12-25)32(48-38)26-13-17-28(40)18-14-26/h3-18H,1-2H3. The molecule has 0 spiro atoms. The normalized spacial score (nSPS) is 13.5. The molecule has 48 heavy (non-hydrogen) atoms. The van der Waals surface area contributed by atoms with Crippen LogP contribution < -0.4 is 0 Å². The Hall–Kier alpha value is -6.78. The number of aliphatic imine (C=N–C) groups is 2. The zero-order valence-corrected chi connectivity index (χ0v) is 25.6. The molecule has 0 bridgehead atoms. The lowest BCUT2D eigenvalue weighted by molar-refractivity contribution is 0.627. The summed E-state index contributed by atoms with van der Waals surface area (Å²) in [5, 5.41) is 19.8. The second kappa shape index (κ2) is 12.2. The number of hydrogen-bond donors (Lipinski definition) is 0. The van der Waals surface area contributed by atoms with E-state index in [0.29, 0.717) is 33.9 Å². The van der Waals surface area contributed by atoms with Crippen molar-refractivity contribution in [2.75, 3.05) is 0 Å². The van der Waals surface area contributed by atoms with Gasteiger partial charge in [-0.25, -0.2) is 28.7 Å². The van der Waals surface area contributed by atoms with E-state index in [1.807, 2.05) is 74.8 Å². The maximum absolute atomic E-state index is 14.0. The Balaban J connectivity index is 1.56. The van der Waals surface area contributed by atoms with Crippen LogP contribution in [0.2, 0.25) is 0 Å². The first-order valence-electron chi connectivity index (χ1n) is 14.8. The van der Waals surface area contributed by atoms with Gasteiger partial charge in [0.05, 0.1) is 22.8 Å². The first-order valence-corrected chi connectivity index (χ1v) is 14.8. The molecule has 6 aromatic rings. The molecule has 0 unspecified atom stereocenters. The van der Waals surface area contributed by atoms with Gasteiger partial charge >= 0.3 is 0 Å². The molecule has 0 radical (unpaired) electrons. The second-order valence-corrected chi connectivity index (χ2v) is 11.1. The quantitative estimate of drug-likeness (QED) is 0.183. The van der Waals surface area contributed by atoms with Crippen LogP contribution in [-0.4, -0.2) is 31.4 Å².